The van der Waals surface area contributed by atoms with Crippen LogP contribution in [-0.2, 0) is 11.2 Å². The van der Waals surface area contributed by atoms with E-state index in [4.69, 9.17) is 0 Å². The van der Waals surface area contributed by atoms with Crippen molar-refractivity contribution in [2.75, 3.05) is 0 Å². The summed E-state index contributed by atoms with van der Waals surface area (Å²) < 4.78 is 14.7. The monoisotopic (exact) mass is 269 g/mol. The van der Waals surface area contributed by atoms with Gasteiger partial charge in [0.15, 0.2) is 5.65 Å². The van der Waals surface area contributed by atoms with Crippen molar-refractivity contribution in [1.29, 1.82) is 0 Å². The van der Waals surface area contributed by atoms with Gasteiger partial charge < -0.3 is 4.79 Å². The molecule has 0 aliphatic carbocycles. The summed E-state index contributed by atoms with van der Waals surface area (Å²) in [6.45, 7) is 1.88. The minimum absolute atomic E-state index is 0.213. The van der Waals surface area contributed by atoms with Crippen molar-refractivity contribution in [3.05, 3.63) is 53.6 Å². The van der Waals surface area contributed by atoms with Crippen molar-refractivity contribution < 1.29 is 9.18 Å². The predicted octanol–water partition coefficient (Wildman–Crippen LogP) is 2.59. The molecule has 0 aliphatic heterocycles. The maximum atomic E-state index is 13.0. The Morgan fingerprint density at radius 3 is 2.65 bits per heavy atom. The fourth-order valence-electron chi connectivity index (χ4n) is 2.17. The molecular formula is C15H12FN3O. The molecule has 0 atom stereocenters. The summed E-state index contributed by atoms with van der Waals surface area (Å²) in [5.74, 6) is -0.302. The van der Waals surface area contributed by atoms with Crippen LogP contribution in [0.15, 0.2) is 36.4 Å². The van der Waals surface area contributed by atoms with E-state index < -0.39 is 0 Å². The van der Waals surface area contributed by atoms with Gasteiger partial charge in [0.2, 0.25) is 0 Å². The standard InChI is InChI=1S/C15H12FN3O/c1-10-2-7-14-17-15(11-3-5-12(16)6-4-11)13(8-9-20)19(14)18-10/h2-7,9H,8H2,1H3. The van der Waals surface area contributed by atoms with Crippen LogP contribution < -0.4 is 0 Å². The lowest BCUT2D eigenvalue weighted by Gasteiger charge is -2.01. The van der Waals surface area contributed by atoms with Gasteiger partial charge in [-0.1, -0.05) is 0 Å². The Bertz CT molecular complexity index is 778. The van der Waals surface area contributed by atoms with Crippen LogP contribution in [0.5, 0.6) is 0 Å². The number of aldehydes is 1. The molecule has 0 aliphatic rings. The molecule has 3 rings (SSSR count). The van der Waals surface area contributed by atoms with E-state index in [9.17, 15) is 9.18 Å². The molecular weight excluding hydrogens is 257 g/mol. The summed E-state index contributed by atoms with van der Waals surface area (Å²) in [5.41, 5.74) is 3.66. The van der Waals surface area contributed by atoms with Crippen molar-refractivity contribution >= 4 is 11.9 Å². The van der Waals surface area contributed by atoms with Crippen LogP contribution in [0.25, 0.3) is 16.9 Å². The lowest BCUT2D eigenvalue weighted by atomic mass is 10.1. The van der Waals surface area contributed by atoms with Gasteiger partial charge >= 0.3 is 0 Å². The van der Waals surface area contributed by atoms with E-state index in [2.05, 4.69) is 10.1 Å². The third-order valence-corrected chi connectivity index (χ3v) is 3.10. The Labute approximate surface area is 114 Å². The SMILES string of the molecule is Cc1ccc2nc(-c3ccc(F)cc3)c(CC=O)n2n1. The van der Waals surface area contributed by atoms with Gasteiger partial charge in [0.1, 0.15) is 12.1 Å². The van der Waals surface area contributed by atoms with E-state index in [0.717, 1.165) is 17.5 Å². The quantitative estimate of drug-likeness (QED) is 0.687. The number of halogens is 1. The number of imidazole rings is 1. The van der Waals surface area contributed by atoms with Crippen LogP contribution in [0.2, 0.25) is 0 Å². The molecule has 0 bridgehead atoms. The smallest absolute Gasteiger partial charge is 0.154 e. The van der Waals surface area contributed by atoms with Crippen molar-refractivity contribution in [2.45, 2.75) is 13.3 Å². The van der Waals surface area contributed by atoms with E-state index in [1.165, 1.54) is 12.1 Å². The number of benzene rings is 1. The number of nitrogens with zero attached hydrogens (tertiary/aromatic N) is 3. The normalized spacial score (nSPS) is 10.9. The van der Waals surface area contributed by atoms with Crippen LogP contribution in [0, 0.1) is 12.7 Å². The van der Waals surface area contributed by atoms with Crippen LogP contribution in [0.4, 0.5) is 4.39 Å². The van der Waals surface area contributed by atoms with E-state index in [1.807, 2.05) is 19.1 Å². The molecule has 0 N–H and O–H groups in total. The second kappa shape index (κ2) is 4.85. The highest BCUT2D eigenvalue weighted by atomic mass is 19.1. The first kappa shape index (κ1) is 12.5. The Balaban J connectivity index is 2.26. The second-order valence-corrected chi connectivity index (χ2v) is 4.53. The van der Waals surface area contributed by atoms with E-state index in [-0.39, 0.29) is 12.2 Å². The van der Waals surface area contributed by atoms with Gasteiger partial charge in [-0.2, -0.15) is 5.10 Å². The molecule has 2 heterocycles. The van der Waals surface area contributed by atoms with Gasteiger partial charge in [0.05, 0.1) is 17.1 Å². The number of carbonyl (C=O) groups excluding carboxylic acids is 1. The molecule has 0 saturated carbocycles. The summed E-state index contributed by atoms with van der Waals surface area (Å²) >= 11 is 0. The topological polar surface area (TPSA) is 47.3 Å². The highest BCUT2D eigenvalue weighted by molar-refractivity contribution is 5.70. The maximum absolute atomic E-state index is 13.0. The zero-order valence-electron chi connectivity index (χ0n) is 10.9. The Kier molecular flexibility index (Phi) is 3.02. The van der Waals surface area contributed by atoms with Crippen molar-refractivity contribution in [3.8, 4) is 11.3 Å². The van der Waals surface area contributed by atoms with Gasteiger partial charge in [0, 0.05) is 12.0 Å². The van der Waals surface area contributed by atoms with Crippen LogP contribution in [0.1, 0.15) is 11.4 Å². The van der Waals surface area contributed by atoms with Crippen molar-refractivity contribution in [1.82, 2.24) is 14.6 Å². The van der Waals surface area contributed by atoms with Gasteiger partial charge in [-0.05, 0) is 43.3 Å². The van der Waals surface area contributed by atoms with Crippen LogP contribution >= 0.6 is 0 Å². The van der Waals surface area contributed by atoms with Crippen LogP contribution in [-0.4, -0.2) is 20.9 Å². The molecule has 0 amide bonds. The maximum Gasteiger partial charge on any atom is 0.154 e. The molecule has 5 heteroatoms. The zero-order valence-corrected chi connectivity index (χ0v) is 10.9. The number of aromatic nitrogens is 3. The molecule has 4 nitrogen and oxygen atoms in total. The van der Waals surface area contributed by atoms with Crippen molar-refractivity contribution in [3.63, 3.8) is 0 Å². The molecule has 100 valence electrons. The summed E-state index contributed by atoms with van der Waals surface area (Å²) in [5, 5.41) is 4.38. The molecule has 0 fully saturated rings. The van der Waals surface area contributed by atoms with Gasteiger partial charge in [-0.15, -0.1) is 0 Å². The van der Waals surface area contributed by atoms with E-state index >= 15 is 0 Å². The lowest BCUT2D eigenvalue weighted by Crippen LogP contribution is -2.00. The number of carbonyl (C=O) groups is 1. The third-order valence-electron chi connectivity index (χ3n) is 3.10. The zero-order chi connectivity index (χ0) is 14.1. The predicted molar refractivity (Wildman–Crippen MR) is 72.9 cm³/mol. The number of aryl methyl sites for hydroxylation is 1. The average Bonchev–Trinajstić information content (AvgIpc) is 2.79. The Morgan fingerprint density at radius 2 is 1.95 bits per heavy atom. The van der Waals surface area contributed by atoms with Gasteiger partial charge in [-0.3, -0.25) is 0 Å². The summed E-state index contributed by atoms with van der Waals surface area (Å²) in [7, 11) is 0. The van der Waals surface area contributed by atoms with Crippen molar-refractivity contribution in [2.24, 2.45) is 0 Å². The fourth-order valence-corrected chi connectivity index (χ4v) is 2.17. The minimum Gasteiger partial charge on any atom is -0.303 e. The fraction of sp³-hybridized carbons (Fsp3) is 0.133. The number of hydrogen-bond acceptors (Lipinski definition) is 3. The minimum atomic E-state index is -0.302. The third kappa shape index (κ3) is 2.07. The Morgan fingerprint density at radius 1 is 1.20 bits per heavy atom. The van der Waals surface area contributed by atoms with E-state index in [1.54, 1.807) is 16.6 Å². The molecule has 0 radical (unpaired) electrons. The molecule has 0 spiro atoms. The summed E-state index contributed by atoms with van der Waals surface area (Å²) in [6.07, 6.45) is 1.03. The van der Waals surface area contributed by atoms with E-state index in [0.29, 0.717) is 17.0 Å². The molecule has 20 heavy (non-hydrogen) atoms. The first-order chi connectivity index (χ1) is 9.69. The van der Waals surface area contributed by atoms with Crippen LogP contribution in [0.3, 0.4) is 0 Å². The first-order valence-electron chi connectivity index (χ1n) is 6.24. The first-order valence-corrected chi connectivity index (χ1v) is 6.24. The van der Waals surface area contributed by atoms with Gasteiger partial charge in [0.25, 0.3) is 0 Å². The summed E-state index contributed by atoms with van der Waals surface area (Å²) in [6, 6.07) is 9.77. The molecule has 2 aromatic heterocycles. The highest BCUT2D eigenvalue weighted by Gasteiger charge is 2.14. The second-order valence-electron chi connectivity index (χ2n) is 4.53. The van der Waals surface area contributed by atoms with Gasteiger partial charge in [-0.25, -0.2) is 13.9 Å². The Hall–Kier alpha value is -2.56. The molecule has 0 saturated heterocycles. The highest BCUT2D eigenvalue weighted by Crippen LogP contribution is 2.24. The molecule has 3 aromatic rings. The largest absolute Gasteiger partial charge is 0.303 e. The lowest BCUT2D eigenvalue weighted by molar-refractivity contribution is -0.107. The molecule has 0 unspecified atom stereocenters. The summed E-state index contributed by atoms with van der Waals surface area (Å²) in [4.78, 5) is 15.4. The number of hydrogen-bond donors (Lipinski definition) is 0. The molecule has 1 aromatic carbocycles. The average molecular weight is 269 g/mol. The number of rotatable bonds is 3. The number of fused-ring (bicyclic) bond motifs is 1.